The third-order valence-corrected chi connectivity index (χ3v) is 9.17. The molecule has 10 nitrogen and oxygen atoms in total. The van der Waals surface area contributed by atoms with Gasteiger partial charge in [0.15, 0.2) is 12.6 Å². The summed E-state index contributed by atoms with van der Waals surface area (Å²) in [5, 5.41) is 11.3. The summed E-state index contributed by atoms with van der Waals surface area (Å²) < 4.78 is 55.3. The van der Waals surface area contributed by atoms with Crippen molar-refractivity contribution in [3.8, 4) is 41.3 Å². The third-order valence-electron chi connectivity index (χ3n) is 9.17. The number of carbonyl (C=O) groups excluding carboxylic acids is 1. The molecule has 12 heteroatoms. The van der Waals surface area contributed by atoms with Gasteiger partial charge in [0.2, 0.25) is 5.88 Å². The standard InChI is InChI=1S/C36H33F2N5O5/c1-7-22-25(37)10-8-19-12-21(47-17-45-6)13-23(28(19)22)32-31(38)29-24(14-39)18(2)40-33-30(29)34(41-32)46-16-27-26-11-9-20(15-42(27)33)43(26)35(44)48-36(3,4)5/h1,8,10,12-13,20,26-27H,9,11,15-17H2,2-6H3/t20-,26+,27-/m1/s1. The van der Waals surface area contributed by atoms with Crippen LogP contribution in [0.1, 0.15) is 50.4 Å². The SMILES string of the molecule is C#Cc1c(F)ccc2cc(OCOC)cc(-c3nc4c5c(nc(C)c(C#N)c5c3F)N3C[C@H]5CC[C@@H]([C@H]3CO4)N5C(=O)OC(C)(C)C)c12. The average molecular weight is 654 g/mol. The lowest BCUT2D eigenvalue weighted by molar-refractivity contribution is 0.00539. The van der Waals surface area contributed by atoms with Gasteiger partial charge in [0, 0.05) is 30.0 Å². The Balaban J connectivity index is 1.45. The zero-order valence-electron chi connectivity index (χ0n) is 27.2. The van der Waals surface area contributed by atoms with Crippen LogP contribution < -0.4 is 14.4 Å². The average Bonchev–Trinajstić information content (AvgIpc) is 3.28. The predicted octanol–water partition coefficient (Wildman–Crippen LogP) is 6.22. The molecule has 48 heavy (non-hydrogen) atoms. The minimum Gasteiger partial charge on any atom is -0.475 e. The van der Waals surface area contributed by atoms with E-state index in [-0.39, 0.29) is 75.9 Å². The largest absolute Gasteiger partial charge is 0.475 e. The number of methoxy groups -OCH3 is 1. The Hall–Kier alpha value is -5.20. The highest BCUT2D eigenvalue weighted by atomic mass is 19.1. The van der Waals surface area contributed by atoms with Crippen molar-refractivity contribution in [2.45, 2.75) is 64.3 Å². The van der Waals surface area contributed by atoms with Crippen LogP contribution >= 0.6 is 0 Å². The Labute approximate surface area is 276 Å². The Kier molecular flexibility index (Phi) is 7.52. The molecule has 3 aliphatic heterocycles. The number of amides is 1. The molecule has 7 rings (SSSR count). The Morgan fingerprint density at radius 2 is 1.92 bits per heavy atom. The molecule has 1 amide bonds. The van der Waals surface area contributed by atoms with E-state index in [1.807, 2.05) is 20.8 Å². The van der Waals surface area contributed by atoms with E-state index in [9.17, 15) is 10.1 Å². The highest BCUT2D eigenvalue weighted by Crippen LogP contribution is 2.47. The first kappa shape index (κ1) is 31.4. The Morgan fingerprint density at radius 3 is 2.62 bits per heavy atom. The van der Waals surface area contributed by atoms with Gasteiger partial charge in [0.25, 0.3) is 0 Å². The van der Waals surface area contributed by atoms with E-state index in [1.54, 1.807) is 17.9 Å². The number of terminal acetylenes is 1. The number of carbonyl (C=O) groups is 1. The summed E-state index contributed by atoms with van der Waals surface area (Å²) in [6.45, 7) is 7.56. The number of aromatic nitrogens is 2. The van der Waals surface area contributed by atoms with Gasteiger partial charge in [0.1, 0.15) is 41.4 Å². The van der Waals surface area contributed by atoms with Crippen LogP contribution in [0.2, 0.25) is 0 Å². The van der Waals surface area contributed by atoms with Crippen LogP contribution in [0.3, 0.4) is 0 Å². The van der Waals surface area contributed by atoms with Crippen molar-refractivity contribution in [3.63, 3.8) is 0 Å². The number of piperazine rings is 1. The van der Waals surface area contributed by atoms with Crippen molar-refractivity contribution in [2.24, 2.45) is 0 Å². The number of fused-ring (bicyclic) bond motifs is 6. The van der Waals surface area contributed by atoms with Crippen LogP contribution in [-0.4, -0.2) is 71.7 Å². The minimum absolute atomic E-state index is 0.0161. The second kappa shape index (κ2) is 11.5. The number of benzene rings is 2. The smallest absolute Gasteiger partial charge is 0.410 e. The maximum Gasteiger partial charge on any atom is 0.410 e. The van der Waals surface area contributed by atoms with Gasteiger partial charge in [0.05, 0.1) is 40.3 Å². The number of anilines is 1. The van der Waals surface area contributed by atoms with Gasteiger partial charge in [-0.1, -0.05) is 12.0 Å². The Bertz CT molecular complexity index is 2100. The molecule has 0 spiro atoms. The van der Waals surface area contributed by atoms with Gasteiger partial charge in [-0.25, -0.2) is 23.5 Å². The first-order valence-electron chi connectivity index (χ1n) is 15.6. The minimum atomic E-state index is -0.813. The fraction of sp³-hybridized carbons (Fsp3) is 0.389. The highest BCUT2D eigenvalue weighted by molar-refractivity contribution is 6.06. The van der Waals surface area contributed by atoms with Crippen LogP contribution in [0.5, 0.6) is 11.6 Å². The number of nitrogens with zero attached hydrogens (tertiary/aromatic N) is 5. The van der Waals surface area contributed by atoms with Crippen molar-refractivity contribution in [1.29, 1.82) is 5.26 Å². The van der Waals surface area contributed by atoms with Crippen LogP contribution in [0.25, 0.3) is 32.8 Å². The second-order valence-electron chi connectivity index (χ2n) is 13.2. The first-order chi connectivity index (χ1) is 22.9. The van der Waals surface area contributed by atoms with Crippen LogP contribution in [0.15, 0.2) is 24.3 Å². The quantitative estimate of drug-likeness (QED) is 0.187. The molecule has 2 saturated heterocycles. The molecule has 2 aromatic carbocycles. The molecule has 5 heterocycles. The number of pyridine rings is 2. The van der Waals surface area contributed by atoms with E-state index in [2.05, 4.69) is 16.9 Å². The highest BCUT2D eigenvalue weighted by Gasteiger charge is 2.51. The summed E-state index contributed by atoms with van der Waals surface area (Å²) in [6.07, 6.45) is 6.86. The van der Waals surface area contributed by atoms with Crippen LogP contribution in [0, 0.1) is 42.2 Å². The van der Waals surface area contributed by atoms with Crippen molar-refractivity contribution in [1.82, 2.24) is 14.9 Å². The molecule has 2 aromatic heterocycles. The number of nitriles is 1. The van der Waals surface area contributed by atoms with Crippen LogP contribution in [0.4, 0.5) is 19.4 Å². The molecule has 2 fully saturated rings. The number of hydrogen-bond acceptors (Lipinski definition) is 9. The molecule has 0 saturated carbocycles. The molecule has 2 bridgehead atoms. The lowest BCUT2D eigenvalue weighted by Crippen LogP contribution is -2.63. The van der Waals surface area contributed by atoms with Gasteiger partial charge < -0.3 is 23.8 Å². The molecular formula is C36H33F2N5O5. The van der Waals surface area contributed by atoms with Gasteiger partial charge in [-0.05, 0) is 64.1 Å². The van der Waals surface area contributed by atoms with Crippen molar-refractivity contribution < 1.29 is 32.5 Å². The van der Waals surface area contributed by atoms with E-state index >= 15 is 8.78 Å². The fourth-order valence-corrected chi connectivity index (χ4v) is 7.26. The topological polar surface area (TPSA) is 110 Å². The normalized spacial score (nSPS) is 19.7. The molecular weight excluding hydrogens is 620 g/mol. The lowest BCUT2D eigenvalue weighted by Gasteiger charge is -2.46. The number of rotatable bonds is 4. The first-order valence-corrected chi connectivity index (χ1v) is 15.6. The third kappa shape index (κ3) is 4.90. The van der Waals surface area contributed by atoms with Crippen molar-refractivity contribution in [2.75, 3.05) is 32.0 Å². The Morgan fingerprint density at radius 1 is 1.12 bits per heavy atom. The second-order valence-corrected chi connectivity index (χ2v) is 13.2. The molecule has 0 unspecified atom stereocenters. The van der Waals surface area contributed by atoms with E-state index < -0.39 is 23.3 Å². The van der Waals surface area contributed by atoms with Gasteiger partial charge in [-0.3, -0.25) is 4.90 Å². The number of ether oxygens (including phenoxy) is 4. The summed E-state index contributed by atoms with van der Waals surface area (Å²) in [4.78, 5) is 26.8. The van der Waals surface area contributed by atoms with E-state index in [1.165, 1.54) is 25.3 Å². The number of aryl methyl sites for hydroxylation is 1. The lowest BCUT2D eigenvalue weighted by atomic mass is 9.94. The summed E-state index contributed by atoms with van der Waals surface area (Å²) >= 11 is 0. The fourth-order valence-electron chi connectivity index (χ4n) is 7.26. The van der Waals surface area contributed by atoms with Gasteiger partial charge in [-0.15, -0.1) is 6.42 Å². The molecule has 0 N–H and O–H groups in total. The summed E-state index contributed by atoms with van der Waals surface area (Å²) in [5.41, 5.74) is -0.441. The van der Waals surface area contributed by atoms with E-state index in [0.717, 1.165) is 12.8 Å². The zero-order chi connectivity index (χ0) is 34.1. The molecule has 3 atom stereocenters. The maximum atomic E-state index is 17.2. The van der Waals surface area contributed by atoms with Crippen LogP contribution in [-0.2, 0) is 9.47 Å². The summed E-state index contributed by atoms with van der Waals surface area (Å²) in [7, 11) is 1.47. The molecule has 4 aromatic rings. The van der Waals surface area contributed by atoms with Gasteiger partial charge in [-0.2, -0.15) is 5.26 Å². The summed E-state index contributed by atoms with van der Waals surface area (Å²) in [6, 6.07) is 7.28. The molecule has 0 radical (unpaired) electrons. The predicted molar refractivity (Wildman–Crippen MR) is 174 cm³/mol. The molecule has 3 aliphatic rings. The molecule has 246 valence electrons. The van der Waals surface area contributed by atoms with Crippen molar-refractivity contribution in [3.05, 3.63) is 52.7 Å². The van der Waals surface area contributed by atoms with E-state index in [0.29, 0.717) is 29.2 Å². The number of hydrogen-bond donors (Lipinski definition) is 0. The zero-order valence-corrected chi connectivity index (χ0v) is 27.2. The monoisotopic (exact) mass is 653 g/mol. The van der Waals surface area contributed by atoms with Crippen molar-refractivity contribution >= 4 is 33.5 Å². The summed E-state index contributed by atoms with van der Waals surface area (Å²) in [5.74, 6) is 1.73. The van der Waals surface area contributed by atoms with Gasteiger partial charge >= 0.3 is 6.09 Å². The maximum absolute atomic E-state index is 17.2. The molecule has 0 aliphatic carbocycles. The van der Waals surface area contributed by atoms with E-state index in [4.69, 9.17) is 35.3 Å². The number of halogens is 2.